The minimum atomic E-state index is -0.149. The first-order valence-corrected chi connectivity index (χ1v) is 6.41. The minimum absolute atomic E-state index is 0.149. The van der Waals surface area contributed by atoms with Crippen LogP contribution < -0.4 is 0 Å². The summed E-state index contributed by atoms with van der Waals surface area (Å²) in [5.41, 5.74) is 1.04. The third kappa shape index (κ3) is 2.23. The van der Waals surface area contributed by atoms with Crippen LogP contribution in [0, 0.1) is 5.92 Å². The van der Waals surface area contributed by atoms with Crippen LogP contribution in [0.5, 0.6) is 0 Å². The molecule has 5 heteroatoms. The van der Waals surface area contributed by atoms with Crippen molar-refractivity contribution in [3.63, 3.8) is 0 Å². The van der Waals surface area contributed by atoms with Crippen molar-refractivity contribution in [1.82, 2.24) is 19.3 Å². The van der Waals surface area contributed by atoms with E-state index >= 15 is 0 Å². The van der Waals surface area contributed by atoms with Crippen LogP contribution in [0.2, 0.25) is 0 Å². The fourth-order valence-electron chi connectivity index (χ4n) is 2.55. The number of nitrogens with zero attached hydrogens (tertiary/aromatic N) is 4. The van der Waals surface area contributed by atoms with Gasteiger partial charge in [-0.15, -0.1) is 0 Å². The second-order valence-electron chi connectivity index (χ2n) is 5.13. The van der Waals surface area contributed by atoms with Crippen LogP contribution in [0.25, 0.3) is 5.78 Å². The number of hydrogen-bond acceptors (Lipinski definition) is 4. The third-order valence-electron chi connectivity index (χ3n) is 3.62. The van der Waals surface area contributed by atoms with E-state index in [0.717, 1.165) is 37.5 Å². The highest BCUT2D eigenvalue weighted by atomic mass is 16.3. The van der Waals surface area contributed by atoms with Crippen molar-refractivity contribution in [3.05, 3.63) is 30.4 Å². The van der Waals surface area contributed by atoms with Crippen molar-refractivity contribution >= 4 is 5.78 Å². The lowest BCUT2D eigenvalue weighted by atomic mass is 9.97. The Balaban J connectivity index is 1.72. The molecule has 0 amide bonds. The molecule has 1 aliphatic heterocycles. The molecule has 0 spiro atoms. The Morgan fingerprint density at radius 3 is 3.17 bits per heavy atom. The summed E-state index contributed by atoms with van der Waals surface area (Å²) in [6.07, 6.45) is 6.45. The largest absolute Gasteiger partial charge is 0.393 e. The van der Waals surface area contributed by atoms with E-state index in [1.807, 2.05) is 22.9 Å². The van der Waals surface area contributed by atoms with Gasteiger partial charge in [0.2, 0.25) is 5.78 Å². The van der Waals surface area contributed by atoms with Crippen LogP contribution in [0.3, 0.4) is 0 Å². The maximum absolute atomic E-state index is 9.72. The van der Waals surface area contributed by atoms with Crippen molar-refractivity contribution in [2.45, 2.75) is 26.0 Å². The van der Waals surface area contributed by atoms with Crippen LogP contribution in [0.15, 0.2) is 24.7 Å². The second kappa shape index (κ2) is 4.66. The second-order valence-corrected chi connectivity index (χ2v) is 5.13. The number of piperidine rings is 1. The first-order valence-electron chi connectivity index (χ1n) is 6.41. The Morgan fingerprint density at radius 2 is 2.39 bits per heavy atom. The molecule has 1 saturated heterocycles. The van der Waals surface area contributed by atoms with E-state index in [-0.39, 0.29) is 6.10 Å². The standard InChI is InChI=1S/C13H18N4O/c1-10-7-16(6-3-12(10)18)8-11-9-17-5-2-4-14-13(17)15-11/h2,4-5,9-10,12,18H,3,6-8H2,1H3. The van der Waals surface area contributed by atoms with E-state index in [0.29, 0.717) is 5.92 Å². The number of rotatable bonds is 2. The summed E-state index contributed by atoms with van der Waals surface area (Å²) in [4.78, 5) is 11.1. The summed E-state index contributed by atoms with van der Waals surface area (Å²) in [6, 6.07) is 1.90. The zero-order chi connectivity index (χ0) is 12.5. The number of fused-ring (bicyclic) bond motifs is 1. The Morgan fingerprint density at radius 1 is 1.50 bits per heavy atom. The molecule has 1 aliphatic rings. The molecule has 1 N–H and O–H groups in total. The summed E-state index contributed by atoms with van der Waals surface area (Å²) in [5, 5.41) is 9.72. The average Bonchev–Trinajstić information content (AvgIpc) is 2.76. The van der Waals surface area contributed by atoms with Gasteiger partial charge in [-0.05, 0) is 18.4 Å². The maximum Gasteiger partial charge on any atom is 0.233 e. The minimum Gasteiger partial charge on any atom is -0.393 e. The molecule has 0 radical (unpaired) electrons. The number of hydrogen-bond donors (Lipinski definition) is 1. The van der Waals surface area contributed by atoms with Gasteiger partial charge >= 0.3 is 0 Å². The highest BCUT2D eigenvalue weighted by molar-refractivity contribution is 5.29. The number of aliphatic hydroxyl groups is 1. The molecule has 0 aliphatic carbocycles. The van der Waals surface area contributed by atoms with Gasteiger partial charge in [0, 0.05) is 38.2 Å². The van der Waals surface area contributed by atoms with Gasteiger partial charge in [0.25, 0.3) is 0 Å². The van der Waals surface area contributed by atoms with Crippen molar-refractivity contribution in [2.24, 2.45) is 5.92 Å². The number of aliphatic hydroxyl groups excluding tert-OH is 1. The molecule has 1 fully saturated rings. The quantitative estimate of drug-likeness (QED) is 0.856. The maximum atomic E-state index is 9.72. The molecule has 3 rings (SSSR count). The predicted octanol–water partition coefficient (Wildman–Crippen LogP) is 0.932. The molecular weight excluding hydrogens is 228 g/mol. The van der Waals surface area contributed by atoms with E-state index in [1.54, 1.807) is 6.20 Å². The molecule has 2 atom stereocenters. The third-order valence-corrected chi connectivity index (χ3v) is 3.62. The highest BCUT2D eigenvalue weighted by Gasteiger charge is 2.24. The van der Waals surface area contributed by atoms with Crippen LogP contribution >= 0.6 is 0 Å². The molecule has 0 saturated carbocycles. The number of likely N-dealkylation sites (tertiary alicyclic amines) is 1. The normalized spacial score (nSPS) is 25.7. The molecule has 2 aromatic heterocycles. The molecule has 96 valence electrons. The van der Waals surface area contributed by atoms with Gasteiger partial charge in [0.15, 0.2) is 0 Å². The lowest BCUT2D eigenvalue weighted by Crippen LogP contribution is -2.41. The smallest absolute Gasteiger partial charge is 0.233 e. The lowest BCUT2D eigenvalue weighted by molar-refractivity contribution is 0.0316. The summed E-state index contributed by atoms with van der Waals surface area (Å²) in [5.74, 6) is 1.09. The lowest BCUT2D eigenvalue weighted by Gasteiger charge is -2.33. The van der Waals surface area contributed by atoms with Crippen molar-refractivity contribution in [1.29, 1.82) is 0 Å². The molecule has 2 unspecified atom stereocenters. The molecule has 5 nitrogen and oxygen atoms in total. The molecule has 2 aromatic rings. The topological polar surface area (TPSA) is 53.7 Å². The summed E-state index contributed by atoms with van der Waals surface area (Å²) < 4.78 is 1.94. The first-order chi connectivity index (χ1) is 8.72. The Labute approximate surface area is 106 Å². The predicted molar refractivity (Wildman–Crippen MR) is 68.1 cm³/mol. The monoisotopic (exact) mass is 246 g/mol. The zero-order valence-corrected chi connectivity index (χ0v) is 10.5. The van der Waals surface area contributed by atoms with E-state index < -0.39 is 0 Å². The van der Waals surface area contributed by atoms with Gasteiger partial charge in [0.05, 0.1) is 11.8 Å². The summed E-state index contributed by atoms with van der Waals surface area (Å²) in [7, 11) is 0. The molecule has 18 heavy (non-hydrogen) atoms. The van der Waals surface area contributed by atoms with E-state index in [1.165, 1.54) is 0 Å². The van der Waals surface area contributed by atoms with Gasteiger partial charge in [-0.1, -0.05) is 6.92 Å². The molecular formula is C13H18N4O. The molecule has 0 bridgehead atoms. The van der Waals surface area contributed by atoms with Crippen LogP contribution in [0.1, 0.15) is 19.0 Å². The summed E-state index contributed by atoms with van der Waals surface area (Å²) in [6.45, 7) is 4.80. The fourth-order valence-corrected chi connectivity index (χ4v) is 2.55. The van der Waals surface area contributed by atoms with Crippen LogP contribution in [-0.2, 0) is 6.54 Å². The average molecular weight is 246 g/mol. The van der Waals surface area contributed by atoms with Gasteiger partial charge in [-0.25, -0.2) is 9.97 Å². The van der Waals surface area contributed by atoms with Gasteiger partial charge < -0.3 is 5.11 Å². The molecule has 3 heterocycles. The van der Waals surface area contributed by atoms with Gasteiger partial charge in [-0.2, -0.15) is 0 Å². The Kier molecular flexibility index (Phi) is 3.01. The summed E-state index contributed by atoms with van der Waals surface area (Å²) >= 11 is 0. The highest BCUT2D eigenvalue weighted by Crippen LogP contribution is 2.18. The fraction of sp³-hybridized carbons (Fsp3) is 0.538. The van der Waals surface area contributed by atoms with Gasteiger partial charge in [-0.3, -0.25) is 9.30 Å². The van der Waals surface area contributed by atoms with Gasteiger partial charge in [0.1, 0.15) is 0 Å². The first kappa shape index (κ1) is 11.6. The van der Waals surface area contributed by atoms with Crippen molar-refractivity contribution < 1.29 is 5.11 Å². The Bertz CT molecular complexity index is 506. The van der Waals surface area contributed by atoms with Crippen molar-refractivity contribution in [2.75, 3.05) is 13.1 Å². The van der Waals surface area contributed by atoms with E-state index in [2.05, 4.69) is 21.8 Å². The van der Waals surface area contributed by atoms with E-state index in [4.69, 9.17) is 0 Å². The SMILES string of the molecule is CC1CN(Cc2cn3cccnc3n2)CCC1O. The molecule has 0 aromatic carbocycles. The van der Waals surface area contributed by atoms with E-state index in [9.17, 15) is 5.11 Å². The number of aromatic nitrogens is 3. The van der Waals surface area contributed by atoms with Crippen LogP contribution in [0.4, 0.5) is 0 Å². The number of imidazole rings is 1. The van der Waals surface area contributed by atoms with Crippen LogP contribution in [-0.4, -0.2) is 43.6 Å². The Hall–Kier alpha value is -1.46. The zero-order valence-electron chi connectivity index (χ0n) is 10.5. The van der Waals surface area contributed by atoms with Crippen molar-refractivity contribution in [3.8, 4) is 0 Å².